The number of carbonyl (C=O) groups excluding carboxylic acids is 2. The highest BCUT2D eigenvalue weighted by molar-refractivity contribution is 6.00. The highest BCUT2D eigenvalue weighted by Crippen LogP contribution is 2.30. The van der Waals surface area contributed by atoms with E-state index in [1.54, 1.807) is 12.1 Å². The molecule has 1 saturated heterocycles. The quantitative estimate of drug-likeness (QED) is 0.647. The Bertz CT molecular complexity index is 1020. The summed E-state index contributed by atoms with van der Waals surface area (Å²) in [6, 6.07) is 16.6. The Morgan fingerprint density at radius 1 is 0.900 bits per heavy atom. The van der Waals surface area contributed by atoms with Crippen molar-refractivity contribution in [1.82, 2.24) is 15.8 Å². The van der Waals surface area contributed by atoms with Gasteiger partial charge >= 0.3 is 0 Å². The second-order valence-corrected chi connectivity index (χ2v) is 7.36. The lowest BCUT2D eigenvalue weighted by Crippen LogP contribution is -2.42. The minimum Gasteiger partial charge on any atom is -0.420 e. The van der Waals surface area contributed by atoms with Crippen LogP contribution in [0.1, 0.15) is 45.7 Å². The molecule has 3 aromatic rings. The molecular formula is C23H24N4O3. The van der Waals surface area contributed by atoms with Crippen LogP contribution in [0.3, 0.4) is 0 Å². The van der Waals surface area contributed by atoms with Crippen molar-refractivity contribution in [2.45, 2.75) is 26.2 Å². The van der Waals surface area contributed by atoms with E-state index in [-0.39, 0.29) is 5.69 Å². The molecule has 7 heteroatoms. The molecule has 0 aliphatic carbocycles. The highest BCUT2D eigenvalue weighted by Gasteiger charge is 2.26. The standard InChI is InChI=1S/C23H24N4O3/c1-16-10-12-17(13-11-16)20(28)25-26-21(29)19-23(27-14-6-3-7-15-27)30-22(24-19)18-8-4-2-5-9-18/h2,4-5,8-13H,3,6-7,14-15H2,1H3,(H,25,28)(H,26,29). The molecule has 2 aromatic carbocycles. The molecule has 0 atom stereocenters. The summed E-state index contributed by atoms with van der Waals surface area (Å²) in [5.41, 5.74) is 7.40. The number of aromatic nitrogens is 1. The van der Waals surface area contributed by atoms with Gasteiger partial charge in [-0.15, -0.1) is 0 Å². The number of nitrogens with zero attached hydrogens (tertiary/aromatic N) is 2. The van der Waals surface area contributed by atoms with Crippen molar-refractivity contribution in [2.75, 3.05) is 18.0 Å². The first-order chi connectivity index (χ1) is 14.6. The van der Waals surface area contributed by atoms with E-state index in [1.165, 1.54) is 0 Å². The van der Waals surface area contributed by atoms with Crippen LogP contribution < -0.4 is 15.8 Å². The van der Waals surface area contributed by atoms with Gasteiger partial charge in [0.05, 0.1) is 0 Å². The molecule has 2 amide bonds. The molecule has 0 unspecified atom stereocenters. The predicted molar refractivity (Wildman–Crippen MR) is 114 cm³/mol. The fourth-order valence-corrected chi connectivity index (χ4v) is 3.43. The Morgan fingerprint density at radius 3 is 2.27 bits per heavy atom. The molecule has 4 rings (SSSR count). The summed E-state index contributed by atoms with van der Waals surface area (Å²) < 4.78 is 6.01. The van der Waals surface area contributed by atoms with Crippen LogP contribution in [0, 0.1) is 6.92 Å². The van der Waals surface area contributed by atoms with E-state index in [0.717, 1.165) is 43.5 Å². The first-order valence-corrected chi connectivity index (χ1v) is 10.1. The number of rotatable bonds is 4. The zero-order chi connectivity index (χ0) is 20.9. The fourth-order valence-electron chi connectivity index (χ4n) is 3.43. The molecular weight excluding hydrogens is 380 g/mol. The fraction of sp³-hybridized carbons (Fsp3) is 0.261. The Kier molecular flexibility index (Phi) is 5.79. The molecule has 2 heterocycles. The molecule has 1 aromatic heterocycles. The first-order valence-electron chi connectivity index (χ1n) is 10.1. The average Bonchev–Trinajstić information content (AvgIpc) is 3.25. The summed E-state index contributed by atoms with van der Waals surface area (Å²) in [5, 5.41) is 0. The second-order valence-electron chi connectivity index (χ2n) is 7.36. The van der Waals surface area contributed by atoms with Gasteiger partial charge < -0.3 is 9.32 Å². The average molecular weight is 404 g/mol. The van der Waals surface area contributed by atoms with Crippen molar-refractivity contribution in [2.24, 2.45) is 0 Å². The number of carbonyl (C=O) groups is 2. The number of hydrazine groups is 1. The minimum absolute atomic E-state index is 0.167. The van der Waals surface area contributed by atoms with Gasteiger partial charge in [0.25, 0.3) is 11.8 Å². The molecule has 7 nitrogen and oxygen atoms in total. The molecule has 30 heavy (non-hydrogen) atoms. The number of aryl methyl sites for hydroxylation is 1. The summed E-state index contributed by atoms with van der Waals surface area (Å²) in [6.07, 6.45) is 3.23. The van der Waals surface area contributed by atoms with Gasteiger partial charge in [0, 0.05) is 24.2 Å². The van der Waals surface area contributed by atoms with Gasteiger partial charge in [-0.05, 0) is 50.5 Å². The third kappa shape index (κ3) is 4.35. The number of oxazole rings is 1. The van der Waals surface area contributed by atoms with Crippen molar-refractivity contribution in [3.05, 3.63) is 71.4 Å². The van der Waals surface area contributed by atoms with E-state index in [2.05, 4.69) is 15.8 Å². The van der Waals surface area contributed by atoms with Gasteiger partial charge in [-0.25, -0.2) is 4.98 Å². The van der Waals surface area contributed by atoms with Gasteiger partial charge in [0.15, 0.2) is 5.69 Å². The summed E-state index contributed by atoms with van der Waals surface area (Å²) in [4.78, 5) is 31.7. The van der Waals surface area contributed by atoms with Crippen LogP contribution in [-0.4, -0.2) is 29.9 Å². The van der Waals surface area contributed by atoms with E-state index in [0.29, 0.717) is 17.3 Å². The van der Waals surface area contributed by atoms with Gasteiger partial charge in [0.1, 0.15) is 0 Å². The number of anilines is 1. The van der Waals surface area contributed by atoms with Crippen molar-refractivity contribution in [1.29, 1.82) is 0 Å². The minimum atomic E-state index is -0.512. The summed E-state index contributed by atoms with van der Waals surface area (Å²) in [7, 11) is 0. The van der Waals surface area contributed by atoms with Crippen LogP contribution in [-0.2, 0) is 0 Å². The van der Waals surface area contributed by atoms with Crippen molar-refractivity contribution in [3.63, 3.8) is 0 Å². The number of piperidine rings is 1. The second kappa shape index (κ2) is 8.82. The lowest BCUT2D eigenvalue weighted by atomic mass is 10.1. The Hall–Kier alpha value is -3.61. The van der Waals surface area contributed by atoms with Crippen molar-refractivity contribution < 1.29 is 14.0 Å². The maximum absolute atomic E-state index is 12.9. The first kappa shape index (κ1) is 19.7. The van der Waals surface area contributed by atoms with E-state index in [1.807, 2.05) is 54.3 Å². The lowest BCUT2D eigenvalue weighted by molar-refractivity contribution is 0.0844. The maximum Gasteiger partial charge on any atom is 0.293 e. The third-order valence-corrected chi connectivity index (χ3v) is 5.09. The molecule has 0 bridgehead atoms. The molecule has 0 saturated carbocycles. The summed E-state index contributed by atoms with van der Waals surface area (Å²) >= 11 is 0. The smallest absolute Gasteiger partial charge is 0.293 e. The zero-order valence-corrected chi connectivity index (χ0v) is 16.9. The van der Waals surface area contributed by atoms with Crippen molar-refractivity contribution >= 4 is 17.7 Å². The number of benzene rings is 2. The molecule has 1 fully saturated rings. The molecule has 0 radical (unpaired) electrons. The van der Waals surface area contributed by atoms with Gasteiger partial charge in [-0.3, -0.25) is 20.4 Å². The number of hydrogen-bond acceptors (Lipinski definition) is 5. The van der Waals surface area contributed by atoms with Gasteiger partial charge in [-0.2, -0.15) is 0 Å². The van der Waals surface area contributed by atoms with Crippen LogP contribution in [0.2, 0.25) is 0 Å². The van der Waals surface area contributed by atoms with Crippen LogP contribution in [0.5, 0.6) is 0 Å². The van der Waals surface area contributed by atoms with Gasteiger partial charge in [-0.1, -0.05) is 35.9 Å². The van der Waals surface area contributed by atoms with Crippen molar-refractivity contribution in [3.8, 4) is 11.5 Å². The number of nitrogens with one attached hydrogen (secondary N) is 2. The Morgan fingerprint density at radius 2 is 1.57 bits per heavy atom. The van der Waals surface area contributed by atoms with E-state index in [9.17, 15) is 9.59 Å². The number of amides is 2. The highest BCUT2D eigenvalue weighted by atomic mass is 16.4. The topological polar surface area (TPSA) is 87.5 Å². The Labute approximate surface area is 175 Å². The van der Waals surface area contributed by atoms with E-state index < -0.39 is 11.8 Å². The molecule has 2 N–H and O–H groups in total. The molecule has 1 aliphatic heterocycles. The largest absolute Gasteiger partial charge is 0.420 e. The number of hydrogen-bond donors (Lipinski definition) is 2. The SMILES string of the molecule is Cc1ccc(C(=O)NNC(=O)c2nc(-c3ccccc3)oc2N2CCCCC2)cc1. The van der Waals surface area contributed by atoms with E-state index in [4.69, 9.17) is 4.42 Å². The normalized spacial score (nSPS) is 13.7. The Balaban J connectivity index is 1.55. The van der Waals surface area contributed by atoms with Crippen LogP contribution in [0.25, 0.3) is 11.5 Å². The predicted octanol–water partition coefficient (Wildman–Crippen LogP) is 3.72. The van der Waals surface area contributed by atoms with Crippen LogP contribution in [0.15, 0.2) is 59.0 Å². The maximum atomic E-state index is 12.9. The third-order valence-electron chi connectivity index (χ3n) is 5.09. The molecule has 154 valence electrons. The monoisotopic (exact) mass is 404 g/mol. The van der Waals surface area contributed by atoms with Crippen LogP contribution in [0.4, 0.5) is 5.88 Å². The zero-order valence-electron chi connectivity index (χ0n) is 16.9. The van der Waals surface area contributed by atoms with Gasteiger partial charge in [0.2, 0.25) is 11.8 Å². The summed E-state index contributed by atoms with van der Waals surface area (Å²) in [6.45, 7) is 3.55. The van der Waals surface area contributed by atoms with E-state index >= 15 is 0 Å². The lowest BCUT2D eigenvalue weighted by Gasteiger charge is -2.26. The van der Waals surface area contributed by atoms with Crippen LogP contribution >= 0.6 is 0 Å². The molecule has 1 aliphatic rings. The summed E-state index contributed by atoms with van der Waals surface area (Å²) in [5.74, 6) is -0.0848. The molecule has 0 spiro atoms.